The van der Waals surface area contributed by atoms with Gasteiger partial charge in [0, 0.05) is 0 Å². The average molecular weight is 624 g/mol. The minimum Gasteiger partial charge on any atom is -0.394 e. The molecule has 4 N–H and O–H groups in total. The molecule has 0 saturated heterocycles. The van der Waals surface area contributed by atoms with Crippen LogP contribution in [0.15, 0.2) is 12.2 Å². The van der Waals surface area contributed by atoms with Crippen LogP contribution in [-0.2, 0) is 4.79 Å². The van der Waals surface area contributed by atoms with Gasteiger partial charge < -0.3 is 20.6 Å². The van der Waals surface area contributed by atoms with E-state index in [1.54, 1.807) is 6.08 Å². The molecule has 262 valence electrons. The van der Waals surface area contributed by atoms with E-state index in [1.807, 2.05) is 6.08 Å². The lowest BCUT2D eigenvalue weighted by molar-refractivity contribution is -0.131. The first kappa shape index (κ1) is 43.1. The molecule has 0 heterocycles. The largest absolute Gasteiger partial charge is 0.394 e. The first-order valence-electron chi connectivity index (χ1n) is 19.5. The maximum atomic E-state index is 12.4. The van der Waals surface area contributed by atoms with E-state index >= 15 is 0 Å². The van der Waals surface area contributed by atoms with Gasteiger partial charge in [-0.1, -0.05) is 199 Å². The zero-order valence-corrected chi connectivity index (χ0v) is 29.6. The summed E-state index contributed by atoms with van der Waals surface area (Å²) in [6.07, 6.45) is 39.5. The number of rotatable bonds is 35. The van der Waals surface area contributed by atoms with Gasteiger partial charge in [-0.3, -0.25) is 4.79 Å². The number of allylic oxidation sites excluding steroid dienone is 1. The Bertz CT molecular complexity index is 611. The molecule has 5 nitrogen and oxygen atoms in total. The van der Waals surface area contributed by atoms with Crippen LogP contribution in [0, 0.1) is 0 Å². The number of hydrogen-bond donors (Lipinski definition) is 4. The van der Waals surface area contributed by atoms with Crippen LogP contribution in [0.1, 0.15) is 206 Å². The maximum absolute atomic E-state index is 12.4. The molecule has 0 aromatic carbocycles. The third-order valence-corrected chi connectivity index (χ3v) is 9.13. The lowest BCUT2D eigenvalue weighted by Crippen LogP contribution is -2.48. The summed E-state index contributed by atoms with van der Waals surface area (Å²) in [5, 5.41) is 32.9. The Hall–Kier alpha value is -0.910. The summed E-state index contributed by atoms with van der Waals surface area (Å²) in [6.45, 7) is 4.17. The standard InChI is InChI=1S/C39H77NO4/c1-3-5-7-9-11-13-15-16-17-18-19-20-21-22-24-26-28-30-32-34-38(43)39(44)40-36(35-41)37(42)33-31-29-27-25-23-14-12-10-8-6-4-2/h31,33,36-38,41-43H,3-30,32,34-35H2,1-2H3,(H,40,44)/b33-31+. The topological polar surface area (TPSA) is 89.8 Å². The second-order valence-electron chi connectivity index (χ2n) is 13.5. The van der Waals surface area contributed by atoms with E-state index in [2.05, 4.69) is 19.2 Å². The van der Waals surface area contributed by atoms with Gasteiger partial charge in [-0.2, -0.15) is 0 Å². The van der Waals surface area contributed by atoms with E-state index in [0.717, 1.165) is 32.1 Å². The van der Waals surface area contributed by atoms with Gasteiger partial charge in [0.2, 0.25) is 5.91 Å². The zero-order valence-electron chi connectivity index (χ0n) is 29.6. The molecule has 0 aromatic heterocycles. The van der Waals surface area contributed by atoms with Gasteiger partial charge in [-0.15, -0.1) is 0 Å². The average Bonchev–Trinajstić information content (AvgIpc) is 3.03. The molecule has 0 aromatic rings. The number of aliphatic hydroxyl groups excluding tert-OH is 3. The van der Waals surface area contributed by atoms with Gasteiger partial charge in [0.25, 0.3) is 0 Å². The van der Waals surface area contributed by atoms with Crippen molar-refractivity contribution < 1.29 is 20.1 Å². The van der Waals surface area contributed by atoms with Crippen molar-refractivity contribution in [3.63, 3.8) is 0 Å². The fourth-order valence-corrected chi connectivity index (χ4v) is 6.01. The predicted molar refractivity (Wildman–Crippen MR) is 190 cm³/mol. The first-order valence-corrected chi connectivity index (χ1v) is 19.5. The molecular weight excluding hydrogens is 546 g/mol. The molecule has 5 heteroatoms. The predicted octanol–water partition coefficient (Wildman–Crippen LogP) is 10.5. The second kappa shape index (κ2) is 35.0. The van der Waals surface area contributed by atoms with Crippen molar-refractivity contribution in [2.24, 2.45) is 0 Å². The smallest absolute Gasteiger partial charge is 0.249 e. The molecular formula is C39H77NO4. The Labute approximate surface area is 274 Å². The number of carbonyl (C=O) groups is 1. The van der Waals surface area contributed by atoms with Crippen molar-refractivity contribution in [2.45, 2.75) is 225 Å². The fourth-order valence-electron chi connectivity index (χ4n) is 6.01. The summed E-state index contributed by atoms with van der Waals surface area (Å²) >= 11 is 0. The Morgan fingerprint density at radius 2 is 0.886 bits per heavy atom. The Balaban J connectivity index is 3.65. The summed E-state index contributed by atoms with van der Waals surface area (Å²) in [4.78, 5) is 12.4. The molecule has 1 amide bonds. The minimum atomic E-state index is -1.09. The van der Waals surface area contributed by atoms with Crippen LogP contribution < -0.4 is 5.32 Å². The molecule has 44 heavy (non-hydrogen) atoms. The zero-order chi connectivity index (χ0) is 32.4. The van der Waals surface area contributed by atoms with Gasteiger partial charge in [0.15, 0.2) is 0 Å². The SMILES string of the molecule is CCCCCCCCCCC/C=C/C(O)C(CO)NC(=O)C(O)CCCCCCCCCCCCCCCCCCCCC. The van der Waals surface area contributed by atoms with E-state index < -0.39 is 24.2 Å². The monoisotopic (exact) mass is 624 g/mol. The first-order chi connectivity index (χ1) is 21.6. The number of unbranched alkanes of at least 4 members (excludes halogenated alkanes) is 27. The number of carbonyl (C=O) groups excluding carboxylic acids is 1. The molecule has 0 spiro atoms. The van der Waals surface area contributed by atoms with Crippen LogP contribution in [0.25, 0.3) is 0 Å². The van der Waals surface area contributed by atoms with Crippen molar-refractivity contribution >= 4 is 5.91 Å². The van der Waals surface area contributed by atoms with E-state index in [0.29, 0.717) is 6.42 Å². The maximum Gasteiger partial charge on any atom is 0.249 e. The highest BCUT2D eigenvalue weighted by Crippen LogP contribution is 2.15. The third kappa shape index (κ3) is 29.8. The number of hydrogen-bond acceptors (Lipinski definition) is 4. The lowest BCUT2D eigenvalue weighted by atomic mass is 10.0. The minimum absolute atomic E-state index is 0.360. The summed E-state index contributed by atoms with van der Waals surface area (Å²) in [6, 6.07) is -0.790. The third-order valence-electron chi connectivity index (χ3n) is 9.13. The molecule has 0 fully saturated rings. The van der Waals surface area contributed by atoms with Crippen LogP contribution >= 0.6 is 0 Å². The van der Waals surface area contributed by atoms with Gasteiger partial charge in [-0.05, 0) is 19.3 Å². The van der Waals surface area contributed by atoms with E-state index in [1.165, 1.54) is 154 Å². The van der Waals surface area contributed by atoms with Crippen molar-refractivity contribution in [1.82, 2.24) is 5.32 Å². The van der Waals surface area contributed by atoms with Gasteiger partial charge in [-0.25, -0.2) is 0 Å². The van der Waals surface area contributed by atoms with Crippen LogP contribution in [0.3, 0.4) is 0 Å². The van der Waals surface area contributed by atoms with Crippen LogP contribution in [-0.4, -0.2) is 46.1 Å². The summed E-state index contributed by atoms with van der Waals surface area (Å²) < 4.78 is 0. The van der Waals surface area contributed by atoms with Crippen LogP contribution in [0.5, 0.6) is 0 Å². The summed E-state index contributed by atoms with van der Waals surface area (Å²) in [5.74, 6) is -0.502. The number of aliphatic hydroxyl groups is 3. The van der Waals surface area contributed by atoms with E-state index in [4.69, 9.17) is 0 Å². The lowest BCUT2D eigenvalue weighted by Gasteiger charge is -2.21. The molecule has 0 rings (SSSR count). The molecule has 3 atom stereocenters. The Morgan fingerprint density at radius 1 is 0.545 bits per heavy atom. The number of nitrogens with one attached hydrogen (secondary N) is 1. The van der Waals surface area contributed by atoms with Gasteiger partial charge in [0.1, 0.15) is 6.10 Å². The summed E-state index contributed by atoms with van der Waals surface area (Å²) in [5.41, 5.74) is 0. The Morgan fingerprint density at radius 3 is 1.25 bits per heavy atom. The van der Waals surface area contributed by atoms with Crippen molar-refractivity contribution in [3.05, 3.63) is 12.2 Å². The van der Waals surface area contributed by atoms with Crippen molar-refractivity contribution in [2.75, 3.05) is 6.61 Å². The van der Waals surface area contributed by atoms with Crippen molar-refractivity contribution in [1.29, 1.82) is 0 Å². The normalized spacial score (nSPS) is 13.8. The second-order valence-corrected chi connectivity index (χ2v) is 13.5. The van der Waals surface area contributed by atoms with Crippen LogP contribution in [0.4, 0.5) is 0 Å². The molecule has 0 aliphatic rings. The van der Waals surface area contributed by atoms with Gasteiger partial charge in [0.05, 0.1) is 18.8 Å². The molecule has 0 bridgehead atoms. The van der Waals surface area contributed by atoms with E-state index in [-0.39, 0.29) is 6.61 Å². The quantitative estimate of drug-likeness (QED) is 0.0418. The van der Waals surface area contributed by atoms with E-state index in [9.17, 15) is 20.1 Å². The van der Waals surface area contributed by atoms with Gasteiger partial charge >= 0.3 is 0 Å². The molecule has 0 aliphatic carbocycles. The molecule has 3 unspecified atom stereocenters. The van der Waals surface area contributed by atoms with Crippen molar-refractivity contribution in [3.8, 4) is 0 Å². The molecule has 0 saturated carbocycles. The number of amides is 1. The highest BCUT2D eigenvalue weighted by Gasteiger charge is 2.22. The highest BCUT2D eigenvalue weighted by atomic mass is 16.3. The summed E-state index contributed by atoms with van der Waals surface area (Å²) in [7, 11) is 0. The van der Waals surface area contributed by atoms with Crippen LogP contribution in [0.2, 0.25) is 0 Å². The highest BCUT2D eigenvalue weighted by molar-refractivity contribution is 5.80. The molecule has 0 aliphatic heterocycles. The Kier molecular flexibility index (Phi) is 34.2. The fraction of sp³-hybridized carbons (Fsp3) is 0.923. The molecule has 0 radical (unpaired) electrons.